The molecule has 3 N–H and O–H groups in total. The Morgan fingerprint density at radius 1 is 1.35 bits per heavy atom. The van der Waals surface area contributed by atoms with Gasteiger partial charge in [-0.1, -0.05) is 0 Å². The van der Waals surface area contributed by atoms with E-state index in [1.807, 2.05) is 0 Å². The minimum atomic E-state index is -1.18. The summed E-state index contributed by atoms with van der Waals surface area (Å²) in [6, 6.07) is -0.650. The van der Waals surface area contributed by atoms with E-state index in [0.717, 1.165) is 6.34 Å². The molecular formula is C16H23N5O5. The summed E-state index contributed by atoms with van der Waals surface area (Å²) in [4.78, 5) is 39.0. The molecule has 3 aliphatic heterocycles. The number of rotatable bonds is 4. The normalized spacial score (nSPS) is 28.8. The number of aliphatic hydroxyl groups is 1. The third kappa shape index (κ3) is 2.52. The number of fused-ring (bicyclic) bond motifs is 1. The van der Waals surface area contributed by atoms with E-state index in [9.17, 15) is 24.6 Å². The molecule has 3 rings (SSSR count). The number of carboxylic acids is 1. The molecule has 10 nitrogen and oxygen atoms in total. The highest BCUT2D eigenvalue weighted by atomic mass is 16.4. The Morgan fingerprint density at radius 3 is 2.50 bits per heavy atom. The SMILES string of the molecule is C[C@@H](O)[C@H]1C(=O)N2C(C(=O)O)=C(C3CN(C=N)N(C(=O)N(C)C)C3)C[C@H]12. The first-order valence-electron chi connectivity index (χ1n) is 8.42. The van der Waals surface area contributed by atoms with Crippen molar-refractivity contribution in [2.75, 3.05) is 27.2 Å². The largest absolute Gasteiger partial charge is 0.477 e. The summed E-state index contributed by atoms with van der Waals surface area (Å²) >= 11 is 0. The highest BCUT2D eigenvalue weighted by Crippen LogP contribution is 2.46. The van der Waals surface area contributed by atoms with Crippen molar-refractivity contribution in [1.82, 2.24) is 19.8 Å². The lowest BCUT2D eigenvalue weighted by Gasteiger charge is -2.44. The predicted octanol–water partition coefficient (Wildman–Crippen LogP) is -0.626. The first kappa shape index (κ1) is 18.2. The van der Waals surface area contributed by atoms with Gasteiger partial charge in [-0.15, -0.1) is 0 Å². The smallest absolute Gasteiger partial charge is 0.352 e. The number of carboxylic acid groups (broad SMARTS) is 1. The molecule has 26 heavy (non-hydrogen) atoms. The van der Waals surface area contributed by atoms with Crippen molar-refractivity contribution in [2.24, 2.45) is 11.8 Å². The van der Waals surface area contributed by atoms with Gasteiger partial charge in [0.2, 0.25) is 5.91 Å². The molecule has 0 aromatic heterocycles. The van der Waals surface area contributed by atoms with Crippen molar-refractivity contribution in [1.29, 1.82) is 5.41 Å². The molecule has 142 valence electrons. The maximum Gasteiger partial charge on any atom is 0.352 e. The van der Waals surface area contributed by atoms with Crippen LogP contribution in [0.3, 0.4) is 0 Å². The molecule has 0 spiro atoms. The van der Waals surface area contributed by atoms with Gasteiger partial charge in [-0.3, -0.25) is 15.2 Å². The Hall–Kier alpha value is -2.62. The Morgan fingerprint density at radius 2 is 2.00 bits per heavy atom. The van der Waals surface area contributed by atoms with Gasteiger partial charge in [0.05, 0.1) is 24.6 Å². The van der Waals surface area contributed by atoms with Crippen LogP contribution in [0.25, 0.3) is 0 Å². The lowest BCUT2D eigenvalue weighted by molar-refractivity contribution is -0.161. The Kier molecular flexibility index (Phi) is 4.39. The van der Waals surface area contributed by atoms with Crippen LogP contribution >= 0.6 is 0 Å². The van der Waals surface area contributed by atoms with Crippen molar-refractivity contribution in [3.63, 3.8) is 0 Å². The third-order valence-electron chi connectivity index (χ3n) is 5.32. The van der Waals surface area contributed by atoms with Crippen molar-refractivity contribution < 1.29 is 24.6 Å². The van der Waals surface area contributed by atoms with Gasteiger partial charge in [-0.05, 0) is 18.9 Å². The van der Waals surface area contributed by atoms with Crippen LogP contribution in [0.1, 0.15) is 13.3 Å². The quantitative estimate of drug-likeness (QED) is 0.346. The molecule has 0 radical (unpaired) electrons. The fourth-order valence-electron chi connectivity index (χ4n) is 4.12. The van der Waals surface area contributed by atoms with Crippen LogP contribution in [0.2, 0.25) is 0 Å². The molecule has 0 saturated carbocycles. The number of nitrogens with zero attached hydrogens (tertiary/aromatic N) is 4. The van der Waals surface area contributed by atoms with E-state index in [2.05, 4.69) is 0 Å². The molecule has 2 fully saturated rings. The number of aliphatic carboxylic acids is 1. The topological polar surface area (TPSA) is 128 Å². The zero-order valence-corrected chi connectivity index (χ0v) is 14.9. The second-order valence-electron chi connectivity index (χ2n) is 7.13. The van der Waals surface area contributed by atoms with Gasteiger partial charge in [-0.25, -0.2) is 14.6 Å². The molecule has 3 heterocycles. The summed E-state index contributed by atoms with van der Waals surface area (Å²) in [7, 11) is 3.21. The Balaban J connectivity index is 1.89. The zero-order chi connectivity index (χ0) is 19.3. The molecule has 4 atom stereocenters. The first-order valence-corrected chi connectivity index (χ1v) is 8.42. The highest BCUT2D eigenvalue weighted by Gasteiger charge is 2.58. The molecular weight excluding hydrogens is 342 g/mol. The Labute approximate surface area is 150 Å². The standard InChI is InChI=1S/C16H23N5O5/c1-8(22)12-11-4-10(13(15(24)25)21(11)14(12)23)9-5-19(7-17)20(6-9)16(26)18(2)3/h7-9,11-12,17,22H,4-6H2,1-3H3,(H,24,25)/t8-,9?,11-,12-/m1/s1. The van der Waals surface area contributed by atoms with E-state index in [1.54, 1.807) is 14.1 Å². The van der Waals surface area contributed by atoms with Crippen LogP contribution in [0.15, 0.2) is 11.3 Å². The molecule has 1 unspecified atom stereocenters. The molecule has 0 bridgehead atoms. The molecule has 0 aromatic carbocycles. The van der Waals surface area contributed by atoms with E-state index in [1.165, 1.54) is 26.7 Å². The van der Waals surface area contributed by atoms with E-state index in [0.29, 0.717) is 18.5 Å². The highest BCUT2D eigenvalue weighted by molar-refractivity contribution is 5.99. The average Bonchev–Trinajstić information content (AvgIpc) is 3.12. The number of amides is 3. The number of carbonyl (C=O) groups excluding carboxylic acids is 2. The number of hydrogen-bond acceptors (Lipinski definition) is 5. The van der Waals surface area contributed by atoms with Gasteiger partial charge in [0.15, 0.2) is 0 Å². The van der Waals surface area contributed by atoms with Gasteiger partial charge in [0.1, 0.15) is 12.0 Å². The molecule has 2 saturated heterocycles. The van der Waals surface area contributed by atoms with Crippen LogP contribution in [0.4, 0.5) is 4.79 Å². The van der Waals surface area contributed by atoms with E-state index in [4.69, 9.17) is 5.41 Å². The van der Waals surface area contributed by atoms with Crippen LogP contribution in [0.5, 0.6) is 0 Å². The lowest BCUT2D eigenvalue weighted by Crippen LogP contribution is -2.61. The number of urea groups is 1. The van der Waals surface area contributed by atoms with Crippen LogP contribution in [0, 0.1) is 17.2 Å². The summed E-state index contributed by atoms with van der Waals surface area (Å²) < 4.78 is 0. The number of hydrogen-bond donors (Lipinski definition) is 3. The monoisotopic (exact) mass is 365 g/mol. The minimum Gasteiger partial charge on any atom is -0.477 e. The summed E-state index contributed by atoms with van der Waals surface area (Å²) in [5.41, 5.74) is 0.561. The number of β-lactam (4-membered cyclic amide) rings is 1. The molecule has 3 amide bonds. The lowest BCUT2D eigenvalue weighted by atomic mass is 9.82. The van der Waals surface area contributed by atoms with E-state index in [-0.39, 0.29) is 36.1 Å². The molecule has 3 aliphatic rings. The van der Waals surface area contributed by atoms with Crippen LogP contribution in [-0.4, -0.2) is 93.6 Å². The molecule has 0 aliphatic carbocycles. The van der Waals surface area contributed by atoms with Crippen molar-refractivity contribution in [3.8, 4) is 0 Å². The van der Waals surface area contributed by atoms with Gasteiger partial charge in [0, 0.05) is 26.6 Å². The fourth-order valence-corrected chi connectivity index (χ4v) is 4.12. The van der Waals surface area contributed by atoms with E-state index < -0.39 is 18.0 Å². The summed E-state index contributed by atoms with van der Waals surface area (Å²) in [5.74, 6) is -2.44. The summed E-state index contributed by atoms with van der Waals surface area (Å²) in [6.07, 6.45) is 0.561. The maximum absolute atomic E-state index is 12.3. The minimum absolute atomic E-state index is 0.0361. The summed E-state index contributed by atoms with van der Waals surface area (Å²) in [6.45, 7) is 2.07. The van der Waals surface area contributed by atoms with Crippen molar-refractivity contribution >= 4 is 24.2 Å². The number of nitrogens with one attached hydrogen (secondary N) is 1. The summed E-state index contributed by atoms with van der Waals surface area (Å²) in [5, 5.41) is 29.8. The molecule has 0 aromatic rings. The second kappa shape index (κ2) is 6.27. The number of hydrazine groups is 1. The zero-order valence-electron chi connectivity index (χ0n) is 14.9. The van der Waals surface area contributed by atoms with Gasteiger partial charge in [-0.2, -0.15) is 0 Å². The average molecular weight is 365 g/mol. The van der Waals surface area contributed by atoms with Crippen molar-refractivity contribution in [3.05, 3.63) is 11.3 Å². The van der Waals surface area contributed by atoms with Crippen LogP contribution < -0.4 is 0 Å². The second-order valence-corrected chi connectivity index (χ2v) is 7.13. The first-order chi connectivity index (χ1) is 12.2. The third-order valence-corrected chi connectivity index (χ3v) is 5.32. The van der Waals surface area contributed by atoms with Crippen molar-refractivity contribution in [2.45, 2.75) is 25.5 Å². The van der Waals surface area contributed by atoms with Gasteiger partial charge in [0.25, 0.3) is 0 Å². The van der Waals surface area contributed by atoms with Gasteiger partial charge >= 0.3 is 12.0 Å². The fraction of sp³-hybridized carbons (Fsp3) is 0.625. The maximum atomic E-state index is 12.3. The van der Waals surface area contributed by atoms with Crippen LogP contribution in [-0.2, 0) is 9.59 Å². The van der Waals surface area contributed by atoms with E-state index >= 15 is 0 Å². The number of carbonyl (C=O) groups is 3. The Bertz CT molecular complexity index is 703. The number of aliphatic hydroxyl groups excluding tert-OH is 1. The predicted molar refractivity (Wildman–Crippen MR) is 89.9 cm³/mol. The van der Waals surface area contributed by atoms with Gasteiger partial charge < -0.3 is 20.0 Å². The molecule has 10 heteroatoms.